The van der Waals surface area contributed by atoms with E-state index in [1.807, 2.05) is 0 Å². The van der Waals surface area contributed by atoms with Gasteiger partial charge in [0.15, 0.2) is 11.6 Å². The molecule has 1 aromatic rings. The summed E-state index contributed by atoms with van der Waals surface area (Å²) in [5.74, 6) is -0.661. The third-order valence-corrected chi connectivity index (χ3v) is 3.41. The van der Waals surface area contributed by atoms with Crippen LogP contribution < -0.4 is 4.74 Å². The van der Waals surface area contributed by atoms with Crippen molar-refractivity contribution in [3.05, 3.63) is 29.6 Å². The SMILES string of the molecule is COc1ccc(C(=O)N2CCN(C(C)=O)CC2)cc1F. The number of methoxy groups -OCH3 is 1. The van der Waals surface area contributed by atoms with Crippen LogP contribution >= 0.6 is 0 Å². The van der Waals surface area contributed by atoms with E-state index in [9.17, 15) is 14.0 Å². The van der Waals surface area contributed by atoms with Gasteiger partial charge in [-0.15, -0.1) is 0 Å². The molecule has 0 unspecified atom stereocenters. The first-order valence-electron chi connectivity index (χ1n) is 6.41. The first-order valence-corrected chi connectivity index (χ1v) is 6.41. The van der Waals surface area contributed by atoms with Crippen molar-refractivity contribution in [1.82, 2.24) is 9.80 Å². The Bertz CT molecular complexity index is 525. The minimum atomic E-state index is -0.555. The number of carbonyl (C=O) groups is 2. The molecule has 0 aliphatic carbocycles. The fraction of sp³-hybridized carbons (Fsp3) is 0.429. The van der Waals surface area contributed by atoms with Crippen LogP contribution in [0.2, 0.25) is 0 Å². The second-order valence-corrected chi connectivity index (χ2v) is 4.65. The van der Waals surface area contributed by atoms with Crippen LogP contribution in [-0.2, 0) is 4.79 Å². The van der Waals surface area contributed by atoms with Crippen LogP contribution in [0.3, 0.4) is 0 Å². The molecule has 0 atom stereocenters. The van der Waals surface area contributed by atoms with Gasteiger partial charge in [0.05, 0.1) is 7.11 Å². The Morgan fingerprint density at radius 1 is 1.15 bits per heavy atom. The van der Waals surface area contributed by atoms with Crippen LogP contribution in [0.15, 0.2) is 18.2 Å². The molecular weight excluding hydrogens is 263 g/mol. The van der Waals surface area contributed by atoms with Gasteiger partial charge in [-0.1, -0.05) is 0 Å². The molecule has 1 aromatic carbocycles. The number of hydrogen-bond donors (Lipinski definition) is 0. The fourth-order valence-electron chi connectivity index (χ4n) is 2.21. The van der Waals surface area contributed by atoms with E-state index in [0.717, 1.165) is 0 Å². The molecule has 0 spiro atoms. The van der Waals surface area contributed by atoms with E-state index in [1.165, 1.54) is 26.2 Å². The summed E-state index contributed by atoms with van der Waals surface area (Å²) in [6, 6.07) is 4.16. The van der Waals surface area contributed by atoms with Crippen LogP contribution in [0.25, 0.3) is 0 Å². The molecule has 20 heavy (non-hydrogen) atoms. The highest BCUT2D eigenvalue weighted by atomic mass is 19.1. The van der Waals surface area contributed by atoms with Gasteiger partial charge in [0, 0.05) is 38.7 Å². The van der Waals surface area contributed by atoms with Crippen molar-refractivity contribution in [2.75, 3.05) is 33.3 Å². The van der Waals surface area contributed by atoms with E-state index in [-0.39, 0.29) is 17.6 Å². The summed E-state index contributed by atoms with van der Waals surface area (Å²) in [6.45, 7) is 3.47. The summed E-state index contributed by atoms with van der Waals surface area (Å²) >= 11 is 0. The lowest BCUT2D eigenvalue weighted by atomic mass is 10.1. The van der Waals surface area contributed by atoms with Gasteiger partial charge in [-0.05, 0) is 18.2 Å². The molecule has 2 amide bonds. The Balaban J connectivity index is 2.05. The van der Waals surface area contributed by atoms with Crippen LogP contribution in [0.5, 0.6) is 5.75 Å². The number of amides is 2. The predicted octanol–water partition coefficient (Wildman–Crippen LogP) is 1.14. The zero-order valence-electron chi connectivity index (χ0n) is 11.6. The maximum atomic E-state index is 13.6. The smallest absolute Gasteiger partial charge is 0.254 e. The van der Waals surface area contributed by atoms with Crippen LogP contribution in [0, 0.1) is 5.82 Å². The zero-order valence-corrected chi connectivity index (χ0v) is 11.6. The lowest BCUT2D eigenvalue weighted by molar-refractivity contribution is -0.130. The molecule has 1 heterocycles. The number of halogens is 1. The number of piperazine rings is 1. The van der Waals surface area contributed by atoms with Crippen molar-refractivity contribution in [2.45, 2.75) is 6.92 Å². The van der Waals surface area contributed by atoms with E-state index in [4.69, 9.17) is 4.74 Å². The molecule has 1 aliphatic heterocycles. The first kappa shape index (κ1) is 14.3. The quantitative estimate of drug-likeness (QED) is 0.816. The maximum Gasteiger partial charge on any atom is 0.254 e. The van der Waals surface area contributed by atoms with E-state index in [2.05, 4.69) is 0 Å². The molecule has 0 N–H and O–H groups in total. The summed E-state index contributed by atoms with van der Waals surface area (Å²) in [6.07, 6.45) is 0. The van der Waals surface area contributed by atoms with Gasteiger partial charge in [-0.25, -0.2) is 4.39 Å². The fourth-order valence-corrected chi connectivity index (χ4v) is 2.21. The molecular formula is C14H17FN2O3. The highest BCUT2D eigenvalue weighted by molar-refractivity contribution is 5.94. The molecule has 1 saturated heterocycles. The summed E-state index contributed by atoms with van der Waals surface area (Å²) in [4.78, 5) is 26.8. The van der Waals surface area contributed by atoms with E-state index >= 15 is 0 Å². The van der Waals surface area contributed by atoms with Gasteiger partial charge < -0.3 is 14.5 Å². The average molecular weight is 280 g/mol. The number of rotatable bonds is 2. The number of carbonyl (C=O) groups excluding carboxylic acids is 2. The molecule has 0 saturated carbocycles. The van der Waals surface area contributed by atoms with Gasteiger partial charge in [-0.2, -0.15) is 0 Å². The molecule has 2 rings (SSSR count). The van der Waals surface area contributed by atoms with E-state index in [0.29, 0.717) is 31.7 Å². The number of ether oxygens (including phenoxy) is 1. The molecule has 108 valence electrons. The number of hydrogen-bond acceptors (Lipinski definition) is 3. The van der Waals surface area contributed by atoms with Crippen LogP contribution in [0.1, 0.15) is 17.3 Å². The molecule has 5 nitrogen and oxygen atoms in total. The third kappa shape index (κ3) is 2.89. The lowest BCUT2D eigenvalue weighted by Crippen LogP contribution is -2.50. The van der Waals surface area contributed by atoms with E-state index < -0.39 is 5.82 Å². The van der Waals surface area contributed by atoms with Gasteiger partial charge in [-0.3, -0.25) is 9.59 Å². The van der Waals surface area contributed by atoms with Crippen molar-refractivity contribution in [2.24, 2.45) is 0 Å². The van der Waals surface area contributed by atoms with Crippen molar-refractivity contribution in [3.63, 3.8) is 0 Å². The monoisotopic (exact) mass is 280 g/mol. The average Bonchev–Trinajstić information content (AvgIpc) is 2.46. The van der Waals surface area contributed by atoms with Crippen molar-refractivity contribution in [3.8, 4) is 5.75 Å². The second-order valence-electron chi connectivity index (χ2n) is 4.65. The first-order chi connectivity index (χ1) is 9.52. The van der Waals surface area contributed by atoms with Gasteiger partial charge in [0.1, 0.15) is 0 Å². The lowest BCUT2D eigenvalue weighted by Gasteiger charge is -2.34. The highest BCUT2D eigenvalue weighted by Crippen LogP contribution is 2.19. The normalized spacial score (nSPS) is 15.2. The molecule has 0 radical (unpaired) electrons. The third-order valence-electron chi connectivity index (χ3n) is 3.41. The summed E-state index contributed by atoms with van der Waals surface area (Å²) in [7, 11) is 1.38. The second kappa shape index (κ2) is 5.90. The minimum Gasteiger partial charge on any atom is -0.494 e. The standard InChI is InChI=1S/C14H17FN2O3/c1-10(18)16-5-7-17(8-6-16)14(19)11-3-4-13(20-2)12(15)9-11/h3-4,9H,5-8H2,1-2H3. The Morgan fingerprint density at radius 3 is 2.25 bits per heavy atom. The van der Waals surface area contributed by atoms with Crippen molar-refractivity contribution in [1.29, 1.82) is 0 Å². The molecule has 0 aromatic heterocycles. The number of nitrogens with zero attached hydrogens (tertiary/aromatic N) is 2. The molecule has 0 bridgehead atoms. The van der Waals surface area contributed by atoms with Crippen molar-refractivity contribution >= 4 is 11.8 Å². The Morgan fingerprint density at radius 2 is 1.75 bits per heavy atom. The van der Waals surface area contributed by atoms with Gasteiger partial charge in [0.2, 0.25) is 5.91 Å². The molecule has 1 aliphatic rings. The highest BCUT2D eigenvalue weighted by Gasteiger charge is 2.23. The number of benzene rings is 1. The molecule has 6 heteroatoms. The van der Waals surface area contributed by atoms with E-state index in [1.54, 1.807) is 15.9 Å². The molecule has 1 fully saturated rings. The van der Waals surface area contributed by atoms with Gasteiger partial charge in [0.25, 0.3) is 5.91 Å². The topological polar surface area (TPSA) is 49.9 Å². The Kier molecular flexibility index (Phi) is 4.22. The maximum absolute atomic E-state index is 13.6. The summed E-state index contributed by atoms with van der Waals surface area (Å²) in [5.41, 5.74) is 0.291. The Labute approximate surface area is 116 Å². The summed E-state index contributed by atoms with van der Waals surface area (Å²) < 4.78 is 18.4. The predicted molar refractivity (Wildman–Crippen MR) is 71.1 cm³/mol. The summed E-state index contributed by atoms with van der Waals surface area (Å²) in [5, 5.41) is 0. The van der Waals surface area contributed by atoms with Crippen molar-refractivity contribution < 1.29 is 18.7 Å². The van der Waals surface area contributed by atoms with Gasteiger partial charge >= 0.3 is 0 Å². The zero-order chi connectivity index (χ0) is 14.7. The van der Waals surface area contributed by atoms with Crippen LogP contribution in [-0.4, -0.2) is 54.9 Å². The minimum absolute atomic E-state index is 0.00703. The Hall–Kier alpha value is -2.11. The largest absolute Gasteiger partial charge is 0.494 e. The van der Waals surface area contributed by atoms with Crippen LogP contribution in [0.4, 0.5) is 4.39 Å².